The van der Waals surface area contributed by atoms with Crippen LogP contribution in [0.1, 0.15) is 38.5 Å². The van der Waals surface area contributed by atoms with Gasteiger partial charge in [0.15, 0.2) is 0 Å². The smallest absolute Gasteiger partial charge is 0.317 e. The zero-order valence-corrected chi connectivity index (χ0v) is 10.1. The maximum Gasteiger partial charge on any atom is 0.317 e. The minimum absolute atomic E-state index is 0.0286. The Morgan fingerprint density at radius 3 is 2.59 bits per heavy atom. The van der Waals surface area contributed by atoms with E-state index in [9.17, 15) is 9.59 Å². The third kappa shape index (κ3) is 2.90. The Morgan fingerprint density at radius 2 is 2.06 bits per heavy atom. The molecule has 5 nitrogen and oxygen atoms in total. The number of rotatable bonds is 4. The van der Waals surface area contributed by atoms with E-state index in [-0.39, 0.29) is 12.5 Å². The molecule has 96 valence electrons. The molecule has 2 fully saturated rings. The van der Waals surface area contributed by atoms with Crippen LogP contribution in [0.25, 0.3) is 0 Å². The van der Waals surface area contributed by atoms with E-state index in [0.717, 1.165) is 19.5 Å². The van der Waals surface area contributed by atoms with Crippen LogP contribution in [0.4, 0.5) is 4.79 Å². The minimum Gasteiger partial charge on any atom is -0.481 e. The number of likely N-dealkylation sites (tertiary alicyclic amines) is 1. The molecule has 17 heavy (non-hydrogen) atoms. The van der Waals surface area contributed by atoms with Crippen LogP contribution in [0.3, 0.4) is 0 Å². The summed E-state index contributed by atoms with van der Waals surface area (Å²) >= 11 is 0. The average molecular weight is 240 g/mol. The molecule has 1 saturated heterocycles. The van der Waals surface area contributed by atoms with Crippen LogP contribution in [-0.4, -0.2) is 41.6 Å². The molecule has 1 aliphatic heterocycles. The molecule has 2 N–H and O–H groups in total. The highest BCUT2D eigenvalue weighted by Gasteiger charge is 2.43. The van der Waals surface area contributed by atoms with Crippen LogP contribution in [0, 0.1) is 5.41 Å². The number of carbonyl (C=O) groups is 2. The lowest BCUT2D eigenvalue weighted by molar-refractivity contribution is -0.137. The number of carboxylic acid groups (broad SMARTS) is 1. The summed E-state index contributed by atoms with van der Waals surface area (Å²) in [5, 5.41) is 11.3. The zero-order chi connectivity index (χ0) is 12.3. The van der Waals surface area contributed by atoms with E-state index in [1.807, 2.05) is 4.90 Å². The van der Waals surface area contributed by atoms with E-state index in [4.69, 9.17) is 5.11 Å². The molecule has 0 radical (unpaired) electrons. The highest BCUT2D eigenvalue weighted by atomic mass is 16.4. The third-order valence-electron chi connectivity index (χ3n) is 3.98. The van der Waals surface area contributed by atoms with Crippen LogP contribution < -0.4 is 5.32 Å². The number of carbonyl (C=O) groups excluding carboxylic acids is 1. The van der Waals surface area contributed by atoms with Gasteiger partial charge in [-0.25, -0.2) is 4.79 Å². The van der Waals surface area contributed by atoms with Crippen molar-refractivity contribution in [3.63, 3.8) is 0 Å². The predicted molar refractivity (Wildman–Crippen MR) is 62.7 cm³/mol. The largest absolute Gasteiger partial charge is 0.481 e. The molecule has 0 aromatic heterocycles. The molecule has 0 atom stereocenters. The lowest BCUT2D eigenvalue weighted by atomic mass is 9.68. The van der Waals surface area contributed by atoms with Gasteiger partial charge in [0.25, 0.3) is 0 Å². The Morgan fingerprint density at radius 1 is 1.29 bits per heavy atom. The number of aliphatic carboxylic acids is 1. The molecule has 1 heterocycles. The van der Waals surface area contributed by atoms with E-state index >= 15 is 0 Å². The quantitative estimate of drug-likeness (QED) is 0.730. The highest BCUT2D eigenvalue weighted by molar-refractivity contribution is 5.74. The SMILES string of the molecule is O=C(O)CCCNC(=O)N1CCC2(CCC2)C1. The van der Waals surface area contributed by atoms with Gasteiger partial charge in [-0.2, -0.15) is 0 Å². The fraction of sp³-hybridized carbons (Fsp3) is 0.833. The van der Waals surface area contributed by atoms with Gasteiger partial charge in [-0.1, -0.05) is 6.42 Å². The van der Waals surface area contributed by atoms with Gasteiger partial charge < -0.3 is 15.3 Å². The molecule has 2 rings (SSSR count). The second kappa shape index (κ2) is 4.94. The summed E-state index contributed by atoms with van der Waals surface area (Å²) < 4.78 is 0. The second-order valence-electron chi connectivity index (χ2n) is 5.25. The summed E-state index contributed by atoms with van der Waals surface area (Å²) in [5.41, 5.74) is 0.429. The first-order chi connectivity index (χ1) is 8.11. The highest BCUT2D eigenvalue weighted by Crippen LogP contribution is 2.47. The topological polar surface area (TPSA) is 69.6 Å². The molecular formula is C12H20N2O3. The van der Waals surface area contributed by atoms with Crippen LogP contribution in [0.15, 0.2) is 0 Å². The van der Waals surface area contributed by atoms with Gasteiger partial charge in [-0.15, -0.1) is 0 Å². The van der Waals surface area contributed by atoms with Gasteiger partial charge >= 0.3 is 12.0 Å². The summed E-state index contributed by atoms with van der Waals surface area (Å²) in [6.07, 6.45) is 5.57. The Balaban J connectivity index is 1.65. The number of amides is 2. The van der Waals surface area contributed by atoms with E-state index in [2.05, 4.69) is 5.32 Å². The number of nitrogens with zero attached hydrogens (tertiary/aromatic N) is 1. The lowest BCUT2D eigenvalue weighted by Gasteiger charge is -2.37. The summed E-state index contributed by atoms with van der Waals surface area (Å²) in [6, 6.07) is -0.0286. The fourth-order valence-electron chi connectivity index (χ4n) is 2.74. The molecule has 0 bridgehead atoms. The van der Waals surface area contributed by atoms with Crippen LogP contribution in [-0.2, 0) is 4.79 Å². The van der Waals surface area contributed by atoms with E-state index in [0.29, 0.717) is 18.4 Å². The van der Waals surface area contributed by atoms with Crippen LogP contribution in [0.5, 0.6) is 0 Å². The maximum atomic E-state index is 11.8. The zero-order valence-electron chi connectivity index (χ0n) is 10.1. The van der Waals surface area contributed by atoms with Gasteiger partial charge in [0.1, 0.15) is 0 Å². The first kappa shape index (κ1) is 12.2. The molecule has 1 aliphatic carbocycles. The minimum atomic E-state index is -0.811. The fourth-order valence-corrected chi connectivity index (χ4v) is 2.74. The molecule has 5 heteroatoms. The van der Waals surface area contributed by atoms with Crippen molar-refractivity contribution in [3.05, 3.63) is 0 Å². The first-order valence-electron chi connectivity index (χ1n) is 6.36. The van der Waals surface area contributed by atoms with Crippen molar-refractivity contribution in [3.8, 4) is 0 Å². The normalized spacial score (nSPS) is 21.3. The number of carboxylic acids is 1. The number of nitrogens with one attached hydrogen (secondary N) is 1. The van der Waals surface area contributed by atoms with Crippen molar-refractivity contribution in [2.45, 2.75) is 38.5 Å². The monoisotopic (exact) mass is 240 g/mol. The van der Waals surface area contributed by atoms with Gasteiger partial charge in [-0.3, -0.25) is 4.79 Å². The predicted octanol–water partition coefficient (Wildman–Crippen LogP) is 1.44. The molecular weight excluding hydrogens is 220 g/mol. The maximum absolute atomic E-state index is 11.8. The Hall–Kier alpha value is -1.26. The van der Waals surface area contributed by atoms with E-state index in [1.165, 1.54) is 19.3 Å². The molecule has 2 amide bonds. The molecule has 0 aromatic rings. The van der Waals surface area contributed by atoms with Crippen molar-refractivity contribution in [2.75, 3.05) is 19.6 Å². The third-order valence-corrected chi connectivity index (χ3v) is 3.98. The number of hydrogen-bond donors (Lipinski definition) is 2. The Kier molecular flexibility index (Phi) is 3.54. The van der Waals surface area contributed by atoms with Gasteiger partial charge in [0.05, 0.1) is 0 Å². The number of hydrogen-bond acceptors (Lipinski definition) is 2. The number of urea groups is 1. The molecule has 2 aliphatic rings. The summed E-state index contributed by atoms with van der Waals surface area (Å²) in [6.45, 7) is 2.19. The van der Waals surface area contributed by atoms with Gasteiger partial charge in [0.2, 0.25) is 0 Å². The Bertz CT molecular complexity index is 313. The van der Waals surface area contributed by atoms with Crippen LogP contribution >= 0.6 is 0 Å². The van der Waals surface area contributed by atoms with Crippen molar-refractivity contribution in [2.24, 2.45) is 5.41 Å². The van der Waals surface area contributed by atoms with Gasteiger partial charge in [-0.05, 0) is 31.1 Å². The van der Waals surface area contributed by atoms with Crippen molar-refractivity contribution in [1.82, 2.24) is 10.2 Å². The Labute approximate surface area is 101 Å². The summed E-state index contributed by atoms with van der Waals surface area (Å²) in [7, 11) is 0. The lowest BCUT2D eigenvalue weighted by Crippen LogP contribution is -2.41. The molecule has 0 unspecified atom stereocenters. The first-order valence-corrected chi connectivity index (χ1v) is 6.36. The second-order valence-corrected chi connectivity index (χ2v) is 5.25. The molecule has 1 saturated carbocycles. The summed E-state index contributed by atoms with van der Waals surface area (Å²) in [4.78, 5) is 24.0. The van der Waals surface area contributed by atoms with E-state index in [1.54, 1.807) is 0 Å². The van der Waals surface area contributed by atoms with Crippen molar-refractivity contribution in [1.29, 1.82) is 0 Å². The summed E-state index contributed by atoms with van der Waals surface area (Å²) in [5.74, 6) is -0.811. The molecule has 1 spiro atoms. The standard InChI is InChI=1S/C12H20N2O3/c15-10(16)3-1-7-13-11(17)14-8-6-12(9-14)4-2-5-12/h1-9H2,(H,13,17)(H,15,16). The van der Waals surface area contributed by atoms with E-state index < -0.39 is 5.97 Å². The van der Waals surface area contributed by atoms with Crippen molar-refractivity contribution < 1.29 is 14.7 Å². The molecule has 0 aromatic carbocycles. The van der Waals surface area contributed by atoms with Crippen LogP contribution in [0.2, 0.25) is 0 Å². The van der Waals surface area contributed by atoms with Gasteiger partial charge in [0, 0.05) is 26.1 Å². The van der Waals surface area contributed by atoms with Crippen molar-refractivity contribution >= 4 is 12.0 Å². The average Bonchev–Trinajstić information content (AvgIpc) is 2.68.